The molecule has 1 amide bonds. The van der Waals surface area contributed by atoms with E-state index in [0.29, 0.717) is 21.5 Å². The van der Waals surface area contributed by atoms with Crippen molar-refractivity contribution in [2.45, 2.75) is 13.5 Å². The lowest BCUT2D eigenvalue weighted by Crippen LogP contribution is -2.19. The molecule has 5 nitrogen and oxygen atoms in total. The summed E-state index contributed by atoms with van der Waals surface area (Å²) in [5.41, 5.74) is 6.66. The van der Waals surface area contributed by atoms with E-state index in [1.54, 1.807) is 19.2 Å². The van der Waals surface area contributed by atoms with Gasteiger partial charge in [-0.2, -0.15) is 5.10 Å². The fourth-order valence-electron chi connectivity index (χ4n) is 1.58. The van der Waals surface area contributed by atoms with Crippen molar-refractivity contribution in [3.8, 4) is 0 Å². The predicted molar refractivity (Wildman–Crippen MR) is 74.1 cm³/mol. The number of nitrogens with two attached hydrogens (primary N) is 1. The Bertz CT molecular complexity index is 626. The first-order valence-corrected chi connectivity index (χ1v) is 6.29. The standard InChI is InChI=1S/C12H12BrFN4O/c1-7-4-9(14)8(13)5-10(7)16-12(19)6-18-3-2-11(15)17-18/h2-5H,6H2,1H3,(H2,15,17)(H,16,19). The van der Waals surface area contributed by atoms with E-state index in [-0.39, 0.29) is 18.3 Å². The van der Waals surface area contributed by atoms with Gasteiger partial charge in [-0.15, -0.1) is 0 Å². The van der Waals surface area contributed by atoms with Gasteiger partial charge in [-0.3, -0.25) is 9.48 Å². The van der Waals surface area contributed by atoms with E-state index in [0.717, 1.165) is 0 Å². The quantitative estimate of drug-likeness (QED) is 0.909. The molecule has 0 unspecified atom stereocenters. The highest BCUT2D eigenvalue weighted by molar-refractivity contribution is 9.10. The molecular weight excluding hydrogens is 315 g/mol. The van der Waals surface area contributed by atoms with Crippen molar-refractivity contribution in [2.24, 2.45) is 0 Å². The number of hydrogen-bond acceptors (Lipinski definition) is 3. The summed E-state index contributed by atoms with van der Waals surface area (Å²) in [4.78, 5) is 11.8. The molecule has 0 fully saturated rings. The summed E-state index contributed by atoms with van der Waals surface area (Å²) in [5.74, 6) is -0.270. The Morgan fingerprint density at radius 3 is 2.95 bits per heavy atom. The fourth-order valence-corrected chi connectivity index (χ4v) is 1.93. The van der Waals surface area contributed by atoms with Gasteiger partial charge in [0.1, 0.15) is 18.2 Å². The maximum absolute atomic E-state index is 13.3. The Kier molecular flexibility index (Phi) is 3.84. The van der Waals surface area contributed by atoms with Crippen LogP contribution in [0.5, 0.6) is 0 Å². The molecule has 0 saturated heterocycles. The van der Waals surface area contributed by atoms with Gasteiger partial charge in [-0.25, -0.2) is 4.39 Å². The minimum Gasteiger partial charge on any atom is -0.382 e. The summed E-state index contributed by atoms with van der Waals surface area (Å²) in [5, 5.41) is 6.61. The van der Waals surface area contributed by atoms with Gasteiger partial charge in [-0.05, 0) is 46.6 Å². The minimum absolute atomic E-state index is 0.0473. The van der Waals surface area contributed by atoms with Crippen LogP contribution in [0.3, 0.4) is 0 Å². The van der Waals surface area contributed by atoms with Crippen molar-refractivity contribution in [1.82, 2.24) is 9.78 Å². The van der Waals surface area contributed by atoms with Crippen LogP contribution in [0, 0.1) is 12.7 Å². The van der Waals surface area contributed by atoms with Crippen molar-refractivity contribution in [3.63, 3.8) is 0 Å². The highest BCUT2D eigenvalue weighted by atomic mass is 79.9. The number of aryl methyl sites for hydroxylation is 1. The summed E-state index contributed by atoms with van der Waals surface area (Å²) >= 11 is 3.08. The molecule has 2 rings (SSSR count). The average Bonchev–Trinajstić information content (AvgIpc) is 2.71. The maximum atomic E-state index is 13.3. The Morgan fingerprint density at radius 1 is 1.58 bits per heavy atom. The van der Waals surface area contributed by atoms with Crippen molar-refractivity contribution in [2.75, 3.05) is 11.1 Å². The number of rotatable bonds is 3. The van der Waals surface area contributed by atoms with Gasteiger partial charge in [0.2, 0.25) is 5.91 Å². The summed E-state index contributed by atoms with van der Waals surface area (Å²) in [6, 6.07) is 4.48. The van der Waals surface area contributed by atoms with E-state index in [4.69, 9.17) is 5.73 Å². The molecule has 0 bridgehead atoms. The molecule has 0 atom stereocenters. The third-order valence-electron chi connectivity index (χ3n) is 2.51. The molecule has 1 heterocycles. The molecule has 0 aliphatic heterocycles. The molecule has 1 aromatic heterocycles. The average molecular weight is 327 g/mol. The number of nitrogens with one attached hydrogen (secondary N) is 1. The zero-order chi connectivity index (χ0) is 14.0. The van der Waals surface area contributed by atoms with Crippen LogP contribution in [0.1, 0.15) is 5.56 Å². The number of nitrogen functional groups attached to an aromatic ring is 1. The van der Waals surface area contributed by atoms with Crippen LogP contribution < -0.4 is 11.1 Å². The molecule has 100 valence electrons. The van der Waals surface area contributed by atoms with Crippen LogP contribution >= 0.6 is 15.9 Å². The van der Waals surface area contributed by atoms with E-state index in [9.17, 15) is 9.18 Å². The molecule has 3 N–H and O–H groups in total. The topological polar surface area (TPSA) is 72.9 Å². The monoisotopic (exact) mass is 326 g/mol. The number of carbonyl (C=O) groups is 1. The zero-order valence-electron chi connectivity index (χ0n) is 10.2. The number of halogens is 2. The molecule has 0 radical (unpaired) electrons. The normalized spacial score (nSPS) is 10.5. The first-order chi connectivity index (χ1) is 8.95. The summed E-state index contributed by atoms with van der Waals surface area (Å²) in [6.45, 7) is 1.77. The summed E-state index contributed by atoms with van der Waals surface area (Å²) in [6.07, 6.45) is 1.61. The largest absolute Gasteiger partial charge is 0.382 e. The fraction of sp³-hybridized carbons (Fsp3) is 0.167. The molecule has 7 heteroatoms. The van der Waals surface area contributed by atoms with Gasteiger partial charge < -0.3 is 11.1 Å². The first kappa shape index (κ1) is 13.5. The first-order valence-electron chi connectivity index (χ1n) is 5.50. The van der Waals surface area contributed by atoms with Crippen molar-refractivity contribution in [1.29, 1.82) is 0 Å². The second-order valence-corrected chi connectivity index (χ2v) is 4.92. The number of carbonyl (C=O) groups excluding carboxylic acids is 1. The Labute approximate surface area is 117 Å². The van der Waals surface area contributed by atoms with E-state index in [2.05, 4.69) is 26.3 Å². The van der Waals surface area contributed by atoms with Gasteiger partial charge >= 0.3 is 0 Å². The van der Waals surface area contributed by atoms with Crippen LogP contribution in [-0.4, -0.2) is 15.7 Å². The van der Waals surface area contributed by atoms with E-state index in [1.165, 1.54) is 16.8 Å². The second kappa shape index (κ2) is 5.40. The van der Waals surface area contributed by atoms with Crippen LogP contribution in [0.15, 0.2) is 28.9 Å². The number of anilines is 2. The lowest BCUT2D eigenvalue weighted by atomic mass is 10.2. The number of aromatic nitrogens is 2. The van der Waals surface area contributed by atoms with E-state index < -0.39 is 0 Å². The van der Waals surface area contributed by atoms with Crippen LogP contribution in [0.4, 0.5) is 15.9 Å². The van der Waals surface area contributed by atoms with Crippen LogP contribution in [0.2, 0.25) is 0 Å². The Balaban J connectivity index is 2.09. The molecule has 0 saturated carbocycles. The lowest BCUT2D eigenvalue weighted by molar-refractivity contribution is -0.116. The highest BCUT2D eigenvalue weighted by Crippen LogP contribution is 2.24. The third kappa shape index (κ3) is 3.31. The van der Waals surface area contributed by atoms with Crippen LogP contribution in [0.25, 0.3) is 0 Å². The van der Waals surface area contributed by atoms with Gasteiger partial charge in [0.05, 0.1) is 4.47 Å². The number of nitrogens with zero attached hydrogens (tertiary/aromatic N) is 2. The van der Waals surface area contributed by atoms with E-state index in [1.807, 2.05) is 0 Å². The third-order valence-corrected chi connectivity index (χ3v) is 3.12. The number of benzene rings is 1. The van der Waals surface area contributed by atoms with Gasteiger partial charge in [-0.1, -0.05) is 0 Å². The van der Waals surface area contributed by atoms with Gasteiger partial charge in [0, 0.05) is 11.9 Å². The lowest BCUT2D eigenvalue weighted by Gasteiger charge is -2.09. The second-order valence-electron chi connectivity index (χ2n) is 4.07. The Morgan fingerprint density at radius 2 is 2.32 bits per heavy atom. The van der Waals surface area contributed by atoms with E-state index >= 15 is 0 Å². The Hall–Kier alpha value is -1.89. The number of hydrogen-bond donors (Lipinski definition) is 2. The maximum Gasteiger partial charge on any atom is 0.246 e. The minimum atomic E-state index is -0.365. The molecule has 2 aromatic rings. The molecule has 0 aliphatic carbocycles. The van der Waals surface area contributed by atoms with Gasteiger partial charge in [0.25, 0.3) is 0 Å². The summed E-state index contributed by atoms with van der Waals surface area (Å²) < 4.78 is 15.0. The van der Waals surface area contributed by atoms with Crippen molar-refractivity contribution >= 4 is 33.3 Å². The van der Waals surface area contributed by atoms with Crippen LogP contribution in [-0.2, 0) is 11.3 Å². The predicted octanol–water partition coefficient (Wildman–Crippen LogP) is 2.31. The summed E-state index contributed by atoms with van der Waals surface area (Å²) in [7, 11) is 0. The number of amides is 1. The molecule has 0 spiro atoms. The molecule has 0 aliphatic rings. The molecule has 19 heavy (non-hydrogen) atoms. The van der Waals surface area contributed by atoms with Gasteiger partial charge in [0.15, 0.2) is 0 Å². The molecular formula is C12H12BrFN4O. The SMILES string of the molecule is Cc1cc(F)c(Br)cc1NC(=O)Cn1ccc(N)n1. The highest BCUT2D eigenvalue weighted by Gasteiger charge is 2.09. The molecule has 1 aromatic carbocycles. The smallest absolute Gasteiger partial charge is 0.246 e. The van der Waals surface area contributed by atoms with Crippen molar-refractivity contribution < 1.29 is 9.18 Å². The van der Waals surface area contributed by atoms with Crippen molar-refractivity contribution in [3.05, 3.63) is 40.2 Å². The zero-order valence-corrected chi connectivity index (χ0v) is 11.7.